The van der Waals surface area contributed by atoms with Gasteiger partial charge >= 0.3 is 12.2 Å². The number of aromatic nitrogens is 5. The van der Waals surface area contributed by atoms with Gasteiger partial charge in [-0.15, -0.1) is 0 Å². The predicted molar refractivity (Wildman–Crippen MR) is 83.9 cm³/mol. The number of hydrogen-bond donors (Lipinski definition) is 1. The van der Waals surface area contributed by atoms with E-state index in [-0.39, 0.29) is 29.0 Å². The second-order valence-electron chi connectivity index (χ2n) is 4.38. The van der Waals surface area contributed by atoms with E-state index in [1.807, 2.05) is 19.9 Å². The van der Waals surface area contributed by atoms with Gasteiger partial charge in [0.25, 0.3) is 0 Å². The van der Waals surface area contributed by atoms with Crippen LogP contribution in [0.2, 0.25) is 0 Å². The molecule has 0 aliphatic heterocycles. The topological polar surface area (TPSA) is 113 Å². The van der Waals surface area contributed by atoms with Crippen molar-refractivity contribution in [2.24, 2.45) is 0 Å². The van der Waals surface area contributed by atoms with E-state index < -0.39 is 11.7 Å². The molecular weight excluding hydrogens is 351 g/mol. The van der Waals surface area contributed by atoms with Crippen LogP contribution in [0.15, 0.2) is 35.2 Å². The van der Waals surface area contributed by atoms with Gasteiger partial charge in [0.15, 0.2) is 11.5 Å². The fraction of sp³-hybridized carbons (Fsp3) is 0.200. The number of rotatable bonds is 3. The number of alkyl halides is 3. The smallest absolute Gasteiger partial charge is 0.315 e. The number of anilines is 2. The Morgan fingerprint density at radius 1 is 1.08 bits per heavy atom. The van der Waals surface area contributed by atoms with E-state index in [1.54, 1.807) is 0 Å². The normalized spacial score (nSPS) is 10.5. The molecule has 0 bridgehead atoms. The molecule has 0 unspecified atom stereocenters. The van der Waals surface area contributed by atoms with Crippen molar-refractivity contribution in [2.45, 2.75) is 20.0 Å². The van der Waals surface area contributed by atoms with Crippen LogP contribution in [0.3, 0.4) is 0 Å². The molecule has 0 spiro atoms. The molecule has 3 aromatic rings. The maximum Gasteiger partial charge on any atom is 0.417 e. The van der Waals surface area contributed by atoms with Gasteiger partial charge < -0.3 is 4.52 Å². The molecule has 0 atom stereocenters. The average molecular weight is 363 g/mol. The first-order valence-electron chi connectivity index (χ1n) is 7.32. The summed E-state index contributed by atoms with van der Waals surface area (Å²) < 4.78 is 42.4. The number of halogens is 3. The lowest BCUT2D eigenvalue weighted by Crippen LogP contribution is -2.05. The SMILES string of the molecule is CC.N#Cc1cnc(Nc2nc(-c3ccc(C(F)(F)F)cn3)no2)cn1. The minimum Gasteiger partial charge on any atom is -0.315 e. The first-order chi connectivity index (χ1) is 12.5. The van der Waals surface area contributed by atoms with Gasteiger partial charge in [0.2, 0.25) is 5.82 Å². The van der Waals surface area contributed by atoms with Crippen LogP contribution in [0.1, 0.15) is 25.1 Å². The maximum atomic E-state index is 12.5. The lowest BCUT2D eigenvalue weighted by Gasteiger charge is -2.05. The standard InChI is InChI=1S/C13H6F3N7O.C2H6/c14-13(15,16)7-1-2-9(19-4-7)11-22-12(24-23-11)21-10-6-18-8(3-17)5-20-10;1-2/h1-2,4-6H,(H,20,21,22,23);1-2H3. The van der Waals surface area contributed by atoms with Gasteiger partial charge in [-0.05, 0) is 12.1 Å². The second kappa shape index (κ2) is 8.02. The number of pyridine rings is 1. The molecule has 3 aromatic heterocycles. The van der Waals surface area contributed by atoms with Crippen molar-refractivity contribution in [3.8, 4) is 17.6 Å². The fourth-order valence-electron chi connectivity index (χ4n) is 1.63. The molecule has 3 rings (SSSR count). The van der Waals surface area contributed by atoms with Crippen molar-refractivity contribution >= 4 is 11.8 Å². The van der Waals surface area contributed by atoms with Gasteiger partial charge in [0.1, 0.15) is 11.8 Å². The van der Waals surface area contributed by atoms with E-state index >= 15 is 0 Å². The number of nitrogens with zero attached hydrogens (tertiary/aromatic N) is 6. The highest BCUT2D eigenvalue weighted by atomic mass is 19.4. The van der Waals surface area contributed by atoms with Gasteiger partial charge in [0.05, 0.1) is 18.0 Å². The van der Waals surface area contributed by atoms with Crippen LogP contribution >= 0.6 is 0 Å². The minimum atomic E-state index is -4.47. The van der Waals surface area contributed by atoms with Gasteiger partial charge in [-0.3, -0.25) is 10.3 Å². The van der Waals surface area contributed by atoms with Gasteiger partial charge in [0, 0.05) is 6.20 Å². The zero-order valence-electron chi connectivity index (χ0n) is 13.6. The summed E-state index contributed by atoms with van der Waals surface area (Å²) in [5.74, 6) is 0.261. The Hall–Kier alpha value is -3.55. The third-order valence-electron chi connectivity index (χ3n) is 2.75. The van der Waals surface area contributed by atoms with Crippen molar-refractivity contribution in [1.82, 2.24) is 25.1 Å². The third kappa shape index (κ3) is 4.50. The minimum absolute atomic E-state index is 0.00725. The van der Waals surface area contributed by atoms with E-state index in [4.69, 9.17) is 9.78 Å². The van der Waals surface area contributed by atoms with E-state index in [0.29, 0.717) is 6.20 Å². The summed E-state index contributed by atoms with van der Waals surface area (Å²) in [5.41, 5.74) is -0.618. The quantitative estimate of drug-likeness (QED) is 0.751. The molecule has 0 saturated carbocycles. The van der Waals surface area contributed by atoms with Crippen LogP contribution in [-0.2, 0) is 6.18 Å². The molecule has 0 aromatic carbocycles. The lowest BCUT2D eigenvalue weighted by molar-refractivity contribution is -0.137. The first kappa shape index (κ1) is 18.8. The van der Waals surface area contributed by atoms with Crippen molar-refractivity contribution < 1.29 is 17.7 Å². The number of nitrogens with one attached hydrogen (secondary N) is 1. The zero-order valence-corrected chi connectivity index (χ0v) is 13.6. The highest BCUT2D eigenvalue weighted by Crippen LogP contribution is 2.29. The molecule has 0 saturated heterocycles. The summed E-state index contributed by atoms with van der Waals surface area (Å²) in [4.78, 5) is 15.3. The van der Waals surface area contributed by atoms with Crippen molar-refractivity contribution in [2.75, 3.05) is 5.32 Å². The van der Waals surface area contributed by atoms with Gasteiger partial charge in [-0.25, -0.2) is 9.97 Å². The van der Waals surface area contributed by atoms with Gasteiger partial charge in [-0.1, -0.05) is 19.0 Å². The largest absolute Gasteiger partial charge is 0.417 e. The molecule has 8 nitrogen and oxygen atoms in total. The highest BCUT2D eigenvalue weighted by Gasteiger charge is 2.30. The molecular formula is C15H12F3N7O. The van der Waals surface area contributed by atoms with Crippen LogP contribution < -0.4 is 5.32 Å². The summed E-state index contributed by atoms with van der Waals surface area (Å²) >= 11 is 0. The van der Waals surface area contributed by atoms with E-state index in [2.05, 4.69) is 30.4 Å². The number of hydrogen-bond acceptors (Lipinski definition) is 8. The van der Waals surface area contributed by atoms with Crippen LogP contribution in [0, 0.1) is 11.3 Å². The number of nitriles is 1. The molecule has 3 heterocycles. The maximum absolute atomic E-state index is 12.5. The lowest BCUT2D eigenvalue weighted by atomic mass is 10.2. The Balaban J connectivity index is 0.00000117. The van der Waals surface area contributed by atoms with Crippen molar-refractivity contribution in [1.29, 1.82) is 5.26 Å². The molecule has 0 amide bonds. The molecule has 134 valence electrons. The Labute approximate surface area is 145 Å². The molecule has 0 fully saturated rings. The fourth-order valence-corrected chi connectivity index (χ4v) is 1.63. The van der Waals surface area contributed by atoms with E-state index in [1.165, 1.54) is 12.4 Å². The summed E-state index contributed by atoms with van der Waals surface area (Å²) in [5, 5.41) is 14.9. The molecule has 0 radical (unpaired) electrons. The average Bonchev–Trinajstić information content (AvgIpc) is 3.12. The highest BCUT2D eigenvalue weighted by molar-refractivity contribution is 5.52. The van der Waals surface area contributed by atoms with Crippen molar-refractivity contribution in [3.63, 3.8) is 0 Å². The molecule has 1 N–H and O–H groups in total. The Bertz CT molecular complexity index is 883. The van der Waals surface area contributed by atoms with Crippen LogP contribution in [0.25, 0.3) is 11.5 Å². The first-order valence-corrected chi connectivity index (χ1v) is 7.32. The molecule has 26 heavy (non-hydrogen) atoms. The molecule has 11 heteroatoms. The Kier molecular flexibility index (Phi) is 5.79. The predicted octanol–water partition coefficient (Wildman–Crippen LogP) is 3.58. The van der Waals surface area contributed by atoms with Crippen LogP contribution in [0.5, 0.6) is 0 Å². The Morgan fingerprint density at radius 3 is 2.38 bits per heavy atom. The zero-order chi connectivity index (χ0) is 19.2. The molecule has 0 aliphatic rings. The third-order valence-corrected chi connectivity index (χ3v) is 2.75. The van der Waals surface area contributed by atoms with E-state index in [9.17, 15) is 13.2 Å². The van der Waals surface area contributed by atoms with Crippen LogP contribution in [0.4, 0.5) is 25.0 Å². The van der Waals surface area contributed by atoms with Gasteiger partial charge in [-0.2, -0.15) is 23.4 Å². The second-order valence-corrected chi connectivity index (χ2v) is 4.38. The summed E-state index contributed by atoms with van der Waals surface area (Å²) in [7, 11) is 0. The summed E-state index contributed by atoms with van der Waals surface area (Å²) in [6.07, 6.45) is -1.25. The van der Waals surface area contributed by atoms with Crippen LogP contribution in [-0.4, -0.2) is 25.1 Å². The van der Waals surface area contributed by atoms with E-state index in [0.717, 1.165) is 12.1 Å². The van der Waals surface area contributed by atoms with Crippen molar-refractivity contribution in [3.05, 3.63) is 42.0 Å². The Morgan fingerprint density at radius 2 is 1.85 bits per heavy atom. The summed E-state index contributed by atoms with van der Waals surface area (Å²) in [6.45, 7) is 4.00. The molecule has 0 aliphatic carbocycles. The summed E-state index contributed by atoms with van der Waals surface area (Å²) in [6, 6.07) is 3.78. The monoisotopic (exact) mass is 363 g/mol.